The van der Waals surface area contributed by atoms with Gasteiger partial charge in [0.15, 0.2) is 0 Å². The number of hydrogen-bond acceptors (Lipinski definition) is 24. The lowest BCUT2D eigenvalue weighted by Crippen LogP contribution is -2.16. The van der Waals surface area contributed by atoms with Gasteiger partial charge in [0.2, 0.25) is 0 Å². The molecule has 0 bridgehead atoms. The van der Waals surface area contributed by atoms with Crippen LogP contribution in [0.2, 0.25) is 0 Å². The topological polar surface area (TPSA) is 233 Å². The number of aliphatic hydroxyl groups is 1. The summed E-state index contributed by atoms with van der Waals surface area (Å²) in [6.07, 6.45) is 0. The smallest absolute Gasteiger partial charge is 0.0701 e. The van der Waals surface area contributed by atoms with Crippen molar-refractivity contribution in [2.24, 2.45) is 0 Å². The molecule has 428 valence electrons. The summed E-state index contributed by atoms with van der Waals surface area (Å²) in [7, 11) is 1.64. The van der Waals surface area contributed by atoms with Crippen molar-refractivity contribution in [2.45, 2.75) is 0 Å². The quantitative estimate of drug-likeness (QED) is 0.0790. The van der Waals surface area contributed by atoms with Gasteiger partial charge in [0, 0.05) is 7.11 Å². The number of methoxy groups -OCH3 is 1. The first kappa shape index (κ1) is 70.0. The molecule has 0 unspecified atom stereocenters. The van der Waals surface area contributed by atoms with E-state index in [1.807, 2.05) is 0 Å². The maximum Gasteiger partial charge on any atom is 0.0701 e. The number of rotatable bonds is 68. The van der Waals surface area contributed by atoms with Crippen molar-refractivity contribution >= 4 is 0 Å². The van der Waals surface area contributed by atoms with Gasteiger partial charge in [-0.15, -0.1) is 0 Å². The molecule has 1 N–H and O–H groups in total. The van der Waals surface area contributed by atoms with Gasteiger partial charge in [0.25, 0.3) is 0 Å². The van der Waals surface area contributed by atoms with E-state index in [1.165, 1.54) is 0 Å². The maximum absolute atomic E-state index is 8.61. The first-order valence-electron chi connectivity index (χ1n) is 25.2. The van der Waals surface area contributed by atoms with Gasteiger partial charge in [0.1, 0.15) is 0 Å². The van der Waals surface area contributed by atoms with Crippen LogP contribution in [-0.2, 0) is 109 Å². The maximum atomic E-state index is 8.61. The van der Waals surface area contributed by atoms with Crippen LogP contribution in [0, 0.1) is 0 Å². The summed E-state index contributed by atoms with van der Waals surface area (Å²) in [4.78, 5) is 0. The normalized spacial score (nSPS) is 11.7. The Bertz CT molecular complexity index is 841. The average molecular weight is 1050 g/mol. The Morgan fingerprint density at radius 2 is 0.225 bits per heavy atom. The summed E-state index contributed by atoms with van der Waals surface area (Å²) in [5.41, 5.74) is 0. The lowest BCUT2D eigenvalue weighted by molar-refractivity contribution is -0.0318. The predicted octanol–water partition coefficient (Wildman–Crippen LogP) is -0.00970. The molecule has 0 fully saturated rings. The summed E-state index contributed by atoms with van der Waals surface area (Å²) >= 11 is 0. The van der Waals surface area contributed by atoms with Crippen LogP contribution < -0.4 is 0 Å². The number of ether oxygens (including phenoxy) is 23. The van der Waals surface area contributed by atoms with Gasteiger partial charge < -0.3 is 114 Å². The Labute approximate surface area is 424 Å². The standard InChI is InChI=1S/C47H96O24/c1-49-4-5-51-8-9-53-12-13-55-16-17-57-20-21-59-24-25-61-28-29-63-32-33-65-36-37-67-40-41-69-44-45-71-47-46-70-43-42-68-39-38-66-35-34-64-31-30-62-27-26-60-23-22-58-19-18-56-15-14-54-11-10-52-7-6-50-3-2-48/h48H,2-47H2,1H3. The van der Waals surface area contributed by atoms with Gasteiger partial charge >= 0.3 is 0 Å². The van der Waals surface area contributed by atoms with E-state index in [0.717, 1.165) is 0 Å². The third kappa shape index (κ3) is 69.0. The monoisotopic (exact) mass is 1040 g/mol. The van der Waals surface area contributed by atoms with Crippen molar-refractivity contribution < 1.29 is 114 Å². The van der Waals surface area contributed by atoms with Crippen LogP contribution in [0.15, 0.2) is 0 Å². The third-order valence-electron chi connectivity index (χ3n) is 8.48. The summed E-state index contributed by atoms with van der Waals surface area (Å²) < 4.78 is 125. The molecule has 0 heterocycles. The first-order chi connectivity index (χ1) is 35.4. The highest BCUT2D eigenvalue weighted by atomic mass is 16.6. The Hall–Kier alpha value is -0.960. The highest BCUT2D eigenvalue weighted by Gasteiger charge is 2.00. The highest BCUT2D eigenvalue weighted by molar-refractivity contribution is 4.42. The molecule has 0 aliphatic heterocycles. The van der Waals surface area contributed by atoms with Gasteiger partial charge in [-0.05, 0) is 0 Å². The largest absolute Gasteiger partial charge is 0.394 e. The molecule has 24 nitrogen and oxygen atoms in total. The van der Waals surface area contributed by atoms with E-state index < -0.39 is 0 Å². The van der Waals surface area contributed by atoms with E-state index in [0.29, 0.717) is 297 Å². The Balaban J connectivity index is 3.07. The predicted molar refractivity (Wildman–Crippen MR) is 257 cm³/mol. The van der Waals surface area contributed by atoms with Crippen LogP contribution >= 0.6 is 0 Å². The van der Waals surface area contributed by atoms with Crippen LogP contribution in [0.3, 0.4) is 0 Å². The molecule has 0 aromatic carbocycles. The molecule has 0 aromatic heterocycles. The summed E-state index contributed by atoms with van der Waals surface area (Å²) in [5, 5.41) is 8.61. The molecule has 0 rings (SSSR count). The van der Waals surface area contributed by atoms with E-state index in [9.17, 15) is 0 Å². The second kappa shape index (κ2) is 69.0. The molecule has 0 saturated heterocycles. The molecule has 0 aromatic rings. The zero-order valence-electron chi connectivity index (χ0n) is 43.4. The SMILES string of the molecule is COCCOCCOCCOCCOCCOCCOCCOCCOCCOCCOCCOCCOCCOCCOCCOCCOCCOCCOCCOCCOCCOCCOCCO. The van der Waals surface area contributed by atoms with E-state index >= 15 is 0 Å². The molecule has 0 aliphatic carbocycles. The van der Waals surface area contributed by atoms with Gasteiger partial charge in [-0.1, -0.05) is 0 Å². The Kier molecular flexibility index (Phi) is 68.1. The molecule has 0 atom stereocenters. The van der Waals surface area contributed by atoms with Gasteiger partial charge in [0.05, 0.1) is 304 Å². The number of hydrogen-bond donors (Lipinski definition) is 1. The second-order valence-corrected chi connectivity index (χ2v) is 14.2. The van der Waals surface area contributed by atoms with Crippen LogP contribution in [0.5, 0.6) is 0 Å². The van der Waals surface area contributed by atoms with E-state index in [2.05, 4.69) is 0 Å². The summed E-state index contributed by atoms with van der Waals surface area (Å²) in [6.45, 7) is 22.3. The van der Waals surface area contributed by atoms with Crippen LogP contribution in [0.25, 0.3) is 0 Å². The summed E-state index contributed by atoms with van der Waals surface area (Å²) in [6, 6.07) is 0. The zero-order chi connectivity index (χ0) is 50.8. The molecule has 71 heavy (non-hydrogen) atoms. The van der Waals surface area contributed by atoms with Crippen molar-refractivity contribution in [3.8, 4) is 0 Å². The summed E-state index contributed by atoms with van der Waals surface area (Å²) in [5.74, 6) is 0. The van der Waals surface area contributed by atoms with Crippen molar-refractivity contribution in [2.75, 3.05) is 311 Å². The number of aliphatic hydroxyl groups excluding tert-OH is 1. The molecular weight excluding hydrogens is 948 g/mol. The fourth-order valence-corrected chi connectivity index (χ4v) is 4.93. The minimum absolute atomic E-state index is 0.0188. The third-order valence-corrected chi connectivity index (χ3v) is 8.48. The van der Waals surface area contributed by atoms with Crippen molar-refractivity contribution in [3.05, 3.63) is 0 Å². The molecular formula is C47H96O24. The van der Waals surface area contributed by atoms with Gasteiger partial charge in [-0.2, -0.15) is 0 Å². The van der Waals surface area contributed by atoms with E-state index in [1.54, 1.807) is 7.11 Å². The van der Waals surface area contributed by atoms with Crippen molar-refractivity contribution in [3.63, 3.8) is 0 Å². The molecule has 0 spiro atoms. The Morgan fingerprint density at radius 3 is 0.310 bits per heavy atom. The molecule has 24 heteroatoms. The van der Waals surface area contributed by atoms with Crippen LogP contribution in [-0.4, -0.2) is 316 Å². The van der Waals surface area contributed by atoms with Gasteiger partial charge in [-0.3, -0.25) is 0 Å². The van der Waals surface area contributed by atoms with E-state index in [-0.39, 0.29) is 6.61 Å². The average Bonchev–Trinajstić information content (AvgIpc) is 3.38. The second-order valence-electron chi connectivity index (χ2n) is 14.2. The molecule has 0 amide bonds. The zero-order valence-corrected chi connectivity index (χ0v) is 43.4. The Morgan fingerprint density at radius 1 is 0.141 bits per heavy atom. The van der Waals surface area contributed by atoms with Crippen LogP contribution in [0.1, 0.15) is 0 Å². The van der Waals surface area contributed by atoms with Gasteiger partial charge in [-0.25, -0.2) is 0 Å². The van der Waals surface area contributed by atoms with Crippen molar-refractivity contribution in [1.29, 1.82) is 0 Å². The lowest BCUT2D eigenvalue weighted by atomic mass is 10.6. The lowest BCUT2D eigenvalue weighted by Gasteiger charge is -2.09. The fourth-order valence-electron chi connectivity index (χ4n) is 4.93. The van der Waals surface area contributed by atoms with E-state index in [4.69, 9.17) is 114 Å². The molecule has 0 radical (unpaired) electrons. The minimum Gasteiger partial charge on any atom is -0.394 e. The molecule has 0 saturated carbocycles. The highest BCUT2D eigenvalue weighted by Crippen LogP contribution is 1.90. The first-order valence-corrected chi connectivity index (χ1v) is 25.2. The van der Waals surface area contributed by atoms with Crippen LogP contribution in [0.4, 0.5) is 0 Å². The molecule has 0 aliphatic rings. The van der Waals surface area contributed by atoms with Crippen molar-refractivity contribution in [1.82, 2.24) is 0 Å². The minimum atomic E-state index is 0.0188. The fraction of sp³-hybridized carbons (Fsp3) is 1.00.